The molecule has 1 atom stereocenters. The molecule has 72 valence electrons. The third-order valence-corrected chi connectivity index (χ3v) is 3.93. The van der Waals surface area contributed by atoms with E-state index in [-0.39, 0.29) is 0 Å². The van der Waals surface area contributed by atoms with E-state index in [1.54, 1.807) is 11.3 Å². The zero-order valence-electron chi connectivity index (χ0n) is 7.22. The van der Waals surface area contributed by atoms with Gasteiger partial charge in [-0.1, -0.05) is 0 Å². The molecule has 1 fully saturated rings. The predicted octanol–water partition coefficient (Wildman–Crippen LogP) is 1.78. The minimum absolute atomic E-state index is 0.513. The summed E-state index contributed by atoms with van der Waals surface area (Å²) in [6, 6.07) is 2.08. The lowest BCUT2D eigenvalue weighted by atomic mass is 9.95. The molecule has 1 aliphatic heterocycles. The van der Waals surface area contributed by atoms with E-state index in [0.717, 1.165) is 29.7 Å². The Labute approximate surface area is 90.1 Å². The maximum Gasteiger partial charge on any atom is 0.0824 e. The van der Waals surface area contributed by atoms with Crippen molar-refractivity contribution in [2.24, 2.45) is 0 Å². The standard InChI is InChI=1S/C9H12BrNOS/c10-8-3-7(5-13-8)4-9(12)1-2-11-6-9/h3,5,11-12H,1-2,4,6H2. The van der Waals surface area contributed by atoms with Crippen LogP contribution in [0.4, 0.5) is 0 Å². The summed E-state index contributed by atoms with van der Waals surface area (Å²) in [5.41, 5.74) is 0.712. The second kappa shape index (κ2) is 3.69. The SMILES string of the molecule is OC1(Cc2csc(Br)c2)CCNC1. The number of hydrogen-bond acceptors (Lipinski definition) is 3. The van der Waals surface area contributed by atoms with E-state index in [1.165, 1.54) is 5.56 Å². The molecule has 0 aromatic carbocycles. The van der Waals surface area contributed by atoms with Gasteiger partial charge in [0.25, 0.3) is 0 Å². The van der Waals surface area contributed by atoms with Crippen LogP contribution >= 0.6 is 27.3 Å². The molecule has 1 aliphatic rings. The summed E-state index contributed by atoms with van der Waals surface area (Å²) in [4.78, 5) is 0. The Morgan fingerprint density at radius 3 is 3.08 bits per heavy atom. The first kappa shape index (κ1) is 9.65. The quantitative estimate of drug-likeness (QED) is 0.851. The van der Waals surface area contributed by atoms with Crippen LogP contribution in [0.15, 0.2) is 15.2 Å². The lowest BCUT2D eigenvalue weighted by molar-refractivity contribution is 0.0620. The van der Waals surface area contributed by atoms with Gasteiger partial charge in [-0.2, -0.15) is 0 Å². The van der Waals surface area contributed by atoms with Crippen molar-refractivity contribution in [2.75, 3.05) is 13.1 Å². The number of nitrogens with one attached hydrogen (secondary N) is 1. The van der Waals surface area contributed by atoms with Gasteiger partial charge >= 0.3 is 0 Å². The van der Waals surface area contributed by atoms with Gasteiger partial charge < -0.3 is 10.4 Å². The predicted molar refractivity (Wildman–Crippen MR) is 58.2 cm³/mol. The molecule has 0 radical (unpaired) electrons. The maximum atomic E-state index is 10.1. The average Bonchev–Trinajstić information content (AvgIpc) is 2.62. The molecule has 0 saturated carbocycles. The number of β-amino-alcohol motifs (C(OH)–C–C–N with tert-alkyl or cyclic N) is 1. The summed E-state index contributed by atoms with van der Waals surface area (Å²) < 4.78 is 1.14. The molecule has 1 saturated heterocycles. The first-order valence-electron chi connectivity index (χ1n) is 4.34. The van der Waals surface area contributed by atoms with Gasteiger partial charge in [0.05, 0.1) is 9.39 Å². The average molecular weight is 262 g/mol. The molecule has 2 rings (SSSR count). The largest absolute Gasteiger partial charge is 0.388 e. The first-order chi connectivity index (χ1) is 6.18. The molecule has 0 aliphatic carbocycles. The summed E-state index contributed by atoms with van der Waals surface area (Å²) >= 11 is 5.09. The summed E-state index contributed by atoms with van der Waals surface area (Å²) in [6.07, 6.45) is 1.63. The van der Waals surface area contributed by atoms with Gasteiger partial charge in [-0.25, -0.2) is 0 Å². The molecule has 0 spiro atoms. The van der Waals surface area contributed by atoms with Gasteiger partial charge in [-0.3, -0.25) is 0 Å². The van der Waals surface area contributed by atoms with Gasteiger partial charge in [-0.15, -0.1) is 11.3 Å². The summed E-state index contributed by atoms with van der Waals surface area (Å²) in [7, 11) is 0. The van der Waals surface area contributed by atoms with E-state index in [1.807, 2.05) is 0 Å². The van der Waals surface area contributed by atoms with Crippen LogP contribution in [0, 0.1) is 0 Å². The fraction of sp³-hybridized carbons (Fsp3) is 0.556. The van der Waals surface area contributed by atoms with Crippen LogP contribution in [-0.4, -0.2) is 23.8 Å². The first-order valence-corrected chi connectivity index (χ1v) is 6.01. The Hall–Kier alpha value is 0.1000. The summed E-state index contributed by atoms with van der Waals surface area (Å²) in [5, 5.41) is 15.4. The van der Waals surface area contributed by atoms with Crippen LogP contribution in [0.2, 0.25) is 0 Å². The van der Waals surface area contributed by atoms with Gasteiger partial charge in [0, 0.05) is 13.0 Å². The highest BCUT2D eigenvalue weighted by Crippen LogP contribution is 2.26. The highest BCUT2D eigenvalue weighted by molar-refractivity contribution is 9.11. The van der Waals surface area contributed by atoms with Gasteiger partial charge in [0.15, 0.2) is 0 Å². The van der Waals surface area contributed by atoms with Crippen LogP contribution < -0.4 is 5.32 Å². The lowest BCUT2D eigenvalue weighted by Crippen LogP contribution is -2.33. The minimum atomic E-state index is -0.513. The molecule has 13 heavy (non-hydrogen) atoms. The molecule has 0 amide bonds. The van der Waals surface area contributed by atoms with Crippen molar-refractivity contribution in [3.8, 4) is 0 Å². The van der Waals surface area contributed by atoms with Gasteiger partial charge in [0.2, 0.25) is 0 Å². The van der Waals surface area contributed by atoms with Crippen LogP contribution in [0.1, 0.15) is 12.0 Å². The van der Waals surface area contributed by atoms with Crippen LogP contribution in [0.5, 0.6) is 0 Å². The van der Waals surface area contributed by atoms with E-state index < -0.39 is 5.60 Å². The highest BCUT2D eigenvalue weighted by Gasteiger charge is 2.31. The Bertz CT molecular complexity index is 294. The smallest absolute Gasteiger partial charge is 0.0824 e. The normalized spacial score (nSPS) is 28.2. The fourth-order valence-electron chi connectivity index (χ4n) is 1.70. The molecular formula is C9H12BrNOS. The molecule has 1 aromatic rings. The molecular weight excluding hydrogens is 250 g/mol. The second-order valence-electron chi connectivity index (χ2n) is 3.59. The van der Waals surface area contributed by atoms with Crippen LogP contribution in [-0.2, 0) is 6.42 Å². The number of hydrogen-bond donors (Lipinski definition) is 2. The summed E-state index contributed by atoms with van der Waals surface area (Å²) in [6.45, 7) is 1.66. The van der Waals surface area contributed by atoms with Crippen molar-refractivity contribution < 1.29 is 5.11 Å². The molecule has 0 bridgehead atoms. The van der Waals surface area contributed by atoms with Crippen molar-refractivity contribution in [3.63, 3.8) is 0 Å². The number of thiophene rings is 1. The Balaban J connectivity index is 2.04. The van der Waals surface area contributed by atoms with Crippen molar-refractivity contribution in [1.82, 2.24) is 5.32 Å². The monoisotopic (exact) mass is 261 g/mol. The van der Waals surface area contributed by atoms with Crippen molar-refractivity contribution in [3.05, 3.63) is 20.8 Å². The molecule has 1 unspecified atom stereocenters. The number of halogens is 1. The van der Waals surface area contributed by atoms with Crippen molar-refractivity contribution in [1.29, 1.82) is 0 Å². The lowest BCUT2D eigenvalue weighted by Gasteiger charge is -2.20. The third-order valence-electron chi connectivity index (χ3n) is 2.38. The highest BCUT2D eigenvalue weighted by atomic mass is 79.9. The van der Waals surface area contributed by atoms with E-state index >= 15 is 0 Å². The molecule has 2 N–H and O–H groups in total. The molecule has 2 nitrogen and oxygen atoms in total. The topological polar surface area (TPSA) is 32.3 Å². The van der Waals surface area contributed by atoms with Crippen LogP contribution in [0.3, 0.4) is 0 Å². The fourth-order valence-corrected chi connectivity index (χ4v) is 2.91. The van der Waals surface area contributed by atoms with Gasteiger partial charge in [0.1, 0.15) is 0 Å². The molecule has 2 heterocycles. The minimum Gasteiger partial charge on any atom is -0.388 e. The van der Waals surface area contributed by atoms with Crippen molar-refractivity contribution >= 4 is 27.3 Å². The zero-order valence-corrected chi connectivity index (χ0v) is 9.62. The zero-order chi connectivity index (χ0) is 9.31. The van der Waals surface area contributed by atoms with E-state index in [4.69, 9.17) is 0 Å². The maximum absolute atomic E-state index is 10.1. The van der Waals surface area contributed by atoms with E-state index in [9.17, 15) is 5.11 Å². The second-order valence-corrected chi connectivity index (χ2v) is 5.88. The Morgan fingerprint density at radius 1 is 1.69 bits per heavy atom. The molecule has 4 heteroatoms. The van der Waals surface area contributed by atoms with E-state index in [0.29, 0.717) is 0 Å². The van der Waals surface area contributed by atoms with Gasteiger partial charge in [-0.05, 0) is 45.9 Å². The van der Waals surface area contributed by atoms with Crippen LogP contribution in [0.25, 0.3) is 0 Å². The number of rotatable bonds is 2. The summed E-state index contributed by atoms with van der Waals surface area (Å²) in [5.74, 6) is 0. The van der Waals surface area contributed by atoms with Crippen molar-refractivity contribution in [2.45, 2.75) is 18.4 Å². The Morgan fingerprint density at radius 2 is 2.54 bits per heavy atom. The molecule has 1 aromatic heterocycles. The number of aliphatic hydroxyl groups is 1. The van der Waals surface area contributed by atoms with E-state index in [2.05, 4.69) is 32.7 Å². The third kappa shape index (κ3) is 2.31. The Kier molecular flexibility index (Phi) is 2.74.